The summed E-state index contributed by atoms with van der Waals surface area (Å²) in [5, 5.41) is 0. The van der Waals surface area contributed by atoms with Crippen molar-refractivity contribution in [1.82, 2.24) is 4.90 Å². The Labute approximate surface area is 137 Å². The number of ketones is 1. The van der Waals surface area contributed by atoms with Gasteiger partial charge in [0, 0.05) is 0 Å². The second kappa shape index (κ2) is 7.15. The average molecular weight is 325 g/mol. The number of rotatable bonds is 5. The molecule has 0 saturated carbocycles. The topological polar surface area (TPSA) is 72.9 Å². The fourth-order valence-electron chi connectivity index (χ4n) is 3.12. The molecule has 2 atom stereocenters. The number of esters is 1. The maximum atomic E-state index is 12.7. The molecule has 130 valence electrons. The van der Waals surface area contributed by atoms with Crippen LogP contribution in [-0.2, 0) is 19.1 Å². The molecule has 0 aromatic heterocycles. The van der Waals surface area contributed by atoms with Gasteiger partial charge >= 0.3 is 12.1 Å². The van der Waals surface area contributed by atoms with Crippen molar-refractivity contribution in [3.8, 4) is 0 Å². The zero-order valence-electron chi connectivity index (χ0n) is 14.7. The Bertz CT molecular complexity index is 494. The molecule has 0 aliphatic carbocycles. The third-order valence-electron chi connectivity index (χ3n) is 3.96. The van der Waals surface area contributed by atoms with Crippen LogP contribution in [0.4, 0.5) is 4.79 Å². The fourth-order valence-corrected chi connectivity index (χ4v) is 3.12. The van der Waals surface area contributed by atoms with Gasteiger partial charge < -0.3 is 9.47 Å². The molecule has 0 spiro atoms. The minimum Gasteiger partial charge on any atom is -0.467 e. The third kappa shape index (κ3) is 3.92. The van der Waals surface area contributed by atoms with E-state index in [2.05, 4.69) is 6.58 Å². The first-order valence-corrected chi connectivity index (χ1v) is 7.84. The maximum Gasteiger partial charge on any atom is 0.411 e. The van der Waals surface area contributed by atoms with Crippen LogP contribution >= 0.6 is 0 Å². The molecule has 0 aromatic carbocycles. The van der Waals surface area contributed by atoms with Crippen LogP contribution in [0.3, 0.4) is 0 Å². The standard InChI is InChI=1S/C17H27NO5/c1-7-9-17(10-8-2)12(19)11-18(13(17)14(20)22-6)15(21)23-16(3,4)5/h7,13H,1,8-11H2,2-6H3/t13-,17+/m1/s1. The van der Waals surface area contributed by atoms with Crippen LogP contribution in [-0.4, -0.2) is 48.0 Å². The summed E-state index contributed by atoms with van der Waals surface area (Å²) in [6.45, 7) is 10.7. The first-order valence-electron chi connectivity index (χ1n) is 7.84. The zero-order valence-corrected chi connectivity index (χ0v) is 14.7. The second-order valence-electron chi connectivity index (χ2n) is 6.86. The maximum absolute atomic E-state index is 12.7. The Kier molecular flexibility index (Phi) is 5.97. The van der Waals surface area contributed by atoms with E-state index in [1.54, 1.807) is 26.8 Å². The predicted octanol–water partition coefficient (Wildman–Crippen LogP) is 2.71. The van der Waals surface area contributed by atoms with Crippen LogP contribution in [0.1, 0.15) is 47.0 Å². The number of likely N-dealkylation sites (tertiary alicyclic amines) is 1. The van der Waals surface area contributed by atoms with E-state index in [1.165, 1.54) is 12.0 Å². The molecule has 1 aliphatic rings. The molecule has 1 amide bonds. The third-order valence-corrected chi connectivity index (χ3v) is 3.96. The quantitative estimate of drug-likeness (QED) is 0.574. The minimum absolute atomic E-state index is 0.150. The smallest absolute Gasteiger partial charge is 0.411 e. The summed E-state index contributed by atoms with van der Waals surface area (Å²) >= 11 is 0. The molecule has 0 N–H and O–H groups in total. The molecule has 1 rings (SSSR count). The number of Topliss-reactive ketones (excluding diaryl/α,β-unsaturated/α-hetero) is 1. The van der Waals surface area contributed by atoms with Crippen LogP contribution in [0.5, 0.6) is 0 Å². The Balaban J connectivity index is 3.27. The summed E-state index contributed by atoms with van der Waals surface area (Å²) in [6, 6.07) is -0.979. The Morgan fingerprint density at radius 3 is 2.48 bits per heavy atom. The van der Waals surface area contributed by atoms with E-state index < -0.39 is 29.1 Å². The van der Waals surface area contributed by atoms with E-state index in [-0.39, 0.29) is 12.3 Å². The first-order chi connectivity index (χ1) is 10.6. The van der Waals surface area contributed by atoms with Crippen molar-refractivity contribution in [3.05, 3.63) is 12.7 Å². The Morgan fingerprint density at radius 2 is 2.04 bits per heavy atom. The summed E-state index contributed by atoms with van der Waals surface area (Å²) in [7, 11) is 1.25. The van der Waals surface area contributed by atoms with Crippen molar-refractivity contribution >= 4 is 17.8 Å². The molecular weight excluding hydrogens is 298 g/mol. The summed E-state index contributed by atoms with van der Waals surface area (Å²) in [6.07, 6.45) is 2.44. The zero-order chi connectivity index (χ0) is 17.8. The van der Waals surface area contributed by atoms with E-state index >= 15 is 0 Å². The van der Waals surface area contributed by atoms with E-state index in [0.29, 0.717) is 19.3 Å². The SMILES string of the molecule is C=CC[C@]1(CCC)C(=O)CN(C(=O)OC(C)(C)C)[C@@H]1C(=O)OC. The normalized spacial score (nSPS) is 24.5. The summed E-state index contributed by atoms with van der Waals surface area (Å²) in [5.41, 5.74) is -1.70. The lowest BCUT2D eigenvalue weighted by atomic mass is 9.73. The number of carbonyl (C=O) groups is 3. The number of hydrogen-bond acceptors (Lipinski definition) is 5. The number of carbonyl (C=O) groups excluding carboxylic acids is 3. The van der Waals surface area contributed by atoms with Crippen molar-refractivity contribution in [3.63, 3.8) is 0 Å². The van der Waals surface area contributed by atoms with Gasteiger partial charge in [0.25, 0.3) is 0 Å². The molecule has 1 fully saturated rings. The van der Waals surface area contributed by atoms with Crippen LogP contribution in [0.25, 0.3) is 0 Å². The van der Waals surface area contributed by atoms with E-state index in [4.69, 9.17) is 9.47 Å². The minimum atomic E-state index is -0.986. The molecule has 0 aromatic rings. The van der Waals surface area contributed by atoms with Crippen LogP contribution in [0.15, 0.2) is 12.7 Å². The largest absolute Gasteiger partial charge is 0.467 e. The van der Waals surface area contributed by atoms with Gasteiger partial charge in [-0.2, -0.15) is 0 Å². The van der Waals surface area contributed by atoms with Gasteiger partial charge in [0.15, 0.2) is 5.78 Å². The van der Waals surface area contributed by atoms with Crippen LogP contribution in [0.2, 0.25) is 0 Å². The van der Waals surface area contributed by atoms with E-state index in [1.807, 2.05) is 6.92 Å². The molecule has 6 nitrogen and oxygen atoms in total. The van der Waals surface area contributed by atoms with Gasteiger partial charge in [0.1, 0.15) is 11.6 Å². The summed E-state index contributed by atoms with van der Waals surface area (Å²) in [4.78, 5) is 38.7. The lowest BCUT2D eigenvalue weighted by molar-refractivity contribution is -0.151. The number of ether oxygens (including phenoxy) is 2. The molecule has 6 heteroatoms. The first kappa shape index (κ1) is 19.2. The number of allylic oxidation sites excluding steroid dienone is 1. The molecule has 1 aliphatic heterocycles. The number of methoxy groups -OCH3 is 1. The molecule has 0 radical (unpaired) electrons. The van der Waals surface area contributed by atoms with Gasteiger partial charge in [0.2, 0.25) is 0 Å². The van der Waals surface area contributed by atoms with Crippen molar-refractivity contribution in [2.75, 3.05) is 13.7 Å². The molecule has 1 saturated heterocycles. The Hall–Kier alpha value is -1.85. The van der Waals surface area contributed by atoms with E-state index in [9.17, 15) is 14.4 Å². The van der Waals surface area contributed by atoms with Gasteiger partial charge in [0.05, 0.1) is 19.1 Å². The highest BCUT2D eigenvalue weighted by molar-refractivity contribution is 6.00. The van der Waals surface area contributed by atoms with Crippen molar-refractivity contribution < 1.29 is 23.9 Å². The lowest BCUT2D eigenvalue weighted by Gasteiger charge is -2.34. The monoisotopic (exact) mass is 325 g/mol. The number of hydrogen-bond donors (Lipinski definition) is 0. The Morgan fingerprint density at radius 1 is 1.43 bits per heavy atom. The summed E-state index contributed by atoms with van der Waals surface area (Å²) in [5.74, 6) is -0.752. The van der Waals surface area contributed by atoms with Gasteiger partial charge in [-0.15, -0.1) is 6.58 Å². The highest BCUT2D eigenvalue weighted by Gasteiger charge is 2.58. The number of nitrogens with zero attached hydrogens (tertiary/aromatic N) is 1. The molecule has 23 heavy (non-hydrogen) atoms. The molecule has 0 bridgehead atoms. The van der Waals surface area contributed by atoms with Crippen molar-refractivity contribution in [2.24, 2.45) is 5.41 Å². The van der Waals surface area contributed by atoms with Crippen LogP contribution < -0.4 is 0 Å². The highest BCUT2D eigenvalue weighted by Crippen LogP contribution is 2.43. The van der Waals surface area contributed by atoms with Gasteiger partial charge in [-0.05, 0) is 33.6 Å². The van der Waals surface area contributed by atoms with Gasteiger partial charge in [-0.25, -0.2) is 9.59 Å². The fraction of sp³-hybridized carbons (Fsp3) is 0.706. The summed E-state index contributed by atoms with van der Waals surface area (Å²) < 4.78 is 10.2. The molecule has 0 unspecified atom stereocenters. The van der Waals surface area contributed by atoms with Crippen molar-refractivity contribution in [2.45, 2.75) is 58.6 Å². The van der Waals surface area contributed by atoms with Gasteiger partial charge in [-0.3, -0.25) is 9.69 Å². The predicted molar refractivity (Wildman–Crippen MR) is 85.9 cm³/mol. The molecular formula is C17H27NO5. The second-order valence-corrected chi connectivity index (χ2v) is 6.86. The highest BCUT2D eigenvalue weighted by atomic mass is 16.6. The lowest BCUT2D eigenvalue weighted by Crippen LogP contribution is -2.50. The average Bonchev–Trinajstić information content (AvgIpc) is 2.71. The van der Waals surface area contributed by atoms with E-state index in [0.717, 1.165) is 0 Å². The van der Waals surface area contributed by atoms with Crippen molar-refractivity contribution in [1.29, 1.82) is 0 Å². The van der Waals surface area contributed by atoms with Crippen LogP contribution in [0, 0.1) is 5.41 Å². The number of amides is 1. The molecule has 1 heterocycles. The van der Waals surface area contributed by atoms with Gasteiger partial charge in [-0.1, -0.05) is 19.4 Å².